The van der Waals surface area contributed by atoms with Gasteiger partial charge in [0, 0.05) is 24.2 Å². The summed E-state index contributed by atoms with van der Waals surface area (Å²) < 4.78 is 0. The van der Waals surface area contributed by atoms with E-state index in [1.807, 2.05) is 12.1 Å². The van der Waals surface area contributed by atoms with Gasteiger partial charge in [-0.05, 0) is 25.0 Å². The monoisotopic (exact) mass is 305 g/mol. The molecule has 122 valence electrons. The Kier molecular flexibility index (Phi) is 8.80. The van der Waals surface area contributed by atoms with Crippen LogP contribution in [0.3, 0.4) is 0 Å². The first kappa shape index (κ1) is 18.1. The quantitative estimate of drug-likeness (QED) is 0.507. The molecule has 0 atom stereocenters. The molecule has 0 saturated carbocycles. The molecule has 0 heterocycles. The highest BCUT2D eigenvalue weighted by Crippen LogP contribution is 2.21. The number of unbranched alkanes of at least 4 members (excludes halogenated alkanes) is 6. The summed E-state index contributed by atoms with van der Waals surface area (Å²) in [5, 5.41) is 21.5. The maximum Gasteiger partial charge on any atom is 0.303 e. The highest BCUT2D eigenvalue weighted by Gasteiger charge is 2.03. The molecule has 0 aromatic heterocycles. The fourth-order valence-electron chi connectivity index (χ4n) is 2.35. The molecule has 0 aliphatic rings. The molecule has 0 fully saturated rings. The number of rotatable bonds is 12. The Bertz CT molecular complexity index is 471. The zero-order valence-corrected chi connectivity index (χ0v) is 13.2. The molecular weight excluding hydrogens is 278 g/mol. The Balaban J connectivity index is 1.99. The molecule has 1 aromatic rings. The second-order valence-corrected chi connectivity index (χ2v) is 5.54. The van der Waals surface area contributed by atoms with Crippen molar-refractivity contribution in [3.05, 3.63) is 36.4 Å². The highest BCUT2D eigenvalue weighted by atomic mass is 16.4. The molecule has 0 saturated heterocycles. The van der Waals surface area contributed by atoms with Crippen molar-refractivity contribution < 1.29 is 15.0 Å². The average Bonchev–Trinajstić information content (AvgIpc) is 2.49. The van der Waals surface area contributed by atoms with Crippen LogP contribution in [-0.4, -0.2) is 22.7 Å². The fraction of sp³-hybridized carbons (Fsp3) is 0.500. The van der Waals surface area contributed by atoms with E-state index in [9.17, 15) is 9.90 Å². The number of carboxylic acids is 1. The predicted molar refractivity (Wildman–Crippen MR) is 89.7 cm³/mol. The van der Waals surface area contributed by atoms with Crippen LogP contribution in [0.25, 0.3) is 5.70 Å². The molecule has 0 aliphatic carbocycles. The molecule has 4 nitrogen and oxygen atoms in total. The number of nitrogens with one attached hydrogen (secondary N) is 1. The SMILES string of the molecule is C=C(NCCCCCCCCCC(=O)O)c1ccccc1O. The minimum atomic E-state index is -0.698. The maximum atomic E-state index is 10.4. The third-order valence-electron chi connectivity index (χ3n) is 3.63. The third kappa shape index (κ3) is 7.72. The van der Waals surface area contributed by atoms with E-state index < -0.39 is 5.97 Å². The first-order valence-corrected chi connectivity index (χ1v) is 8.04. The summed E-state index contributed by atoms with van der Waals surface area (Å²) in [7, 11) is 0. The predicted octanol–water partition coefficient (Wildman–Crippen LogP) is 4.16. The normalized spacial score (nSPS) is 10.4. The summed E-state index contributed by atoms with van der Waals surface area (Å²) in [5.74, 6) is -0.447. The van der Waals surface area contributed by atoms with E-state index >= 15 is 0 Å². The van der Waals surface area contributed by atoms with Crippen LogP contribution in [0.4, 0.5) is 0 Å². The van der Waals surface area contributed by atoms with Crippen LogP contribution < -0.4 is 5.32 Å². The number of phenols is 1. The lowest BCUT2D eigenvalue weighted by atomic mass is 10.1. The molecule has 3 N–H and O–H groups in total. The van der Waals surface area contributed by atoms with Crippen molar-refractivity contribution in [2.24, 2.45) is 0 Å². The van der Waals surface area contributed by atoms with Gasteiger partial charge in [0.05, 0.1) is 0 Å². The van der Waals surface area contributed by atoms with Crippen molar-refractivity contribution in [2.45, 2.75) is 51.4 Å². The molecule has 1 aromatic carbocycles. The third-order valence-corrected chi connectivity index (χ3v) is 3.63. The molecule has 0 spiro atoms. The van der Waals surface area contributed by atoms with Crippen molar-refractivity contribution in [3.8, 4) is 5.75 Å². The first-order valence-electron chi connectivity index (χ1n) is 8.04. The number of carbonyl (C=O) groups is 1. The van der Waals surface area contributed by atoms with Gasteiger partial charge in [-0.2, -0.15) is 0 Å². The van der Waals surface area contributed by atoms with Gasteiger partial charge < -0.3 is 15.5 Å². The molecule has 22 heavy (non-hydrogen) atoms. The van der Waals surface area contributed by atoms with E-state index in [0.29, 0.717) is 6.42 Å². The topological polar surface area (TPSA) is 69.6 Å². The Morgan fingerprint density at radius 2 is 1.59 bits per heavy atom. The van der Waals surface area contributed by atoms with Gasteiger partial charge in [0.25, 0.3) is 0 Å². The minimum Gasteiger partial charge on any atom is -0.507 e. The number of hydrogen-bond donors (Lipinski definition) is 3. The minimum absolute atomic E-state index is 0.251. The number of aliphatic carboxylic acids is 1. The molecule has 0 unspecified atom stereocenters. The number of phenolic OH excluding ortho intramolecular Hbond substituents is 1. The maximum absolute atomic E-state index is 10.4. The number of hydrogen-bond acceptors (Lipinski definition) is 3. The number of carboxylic acid groups (broad SMARTS) is 1. The summed E-state index contributed by atoms with van der Waals surface area (Å²) in [5.41, 5.74) is 1.51. The molecule has 4 heteroatoms. The molecule has 1 rings (SSSR count). The number of para-hydroxylation sites is 1. The lowest BCUT2D eigenvalue weighted by Crippen LogP contribution is -2.12. The van der Waals surface area contributed by atoms with E-state index in [1.54, 1.807) is 12.1 Å². The Morgan fingerprint density at radius 3 is 2.23 bits per heavy atom. The van der Waals surface area contributed by atoms with Gasteiger partial charge in [-0.1, -0.05) is 50.8 Å². The van der Waals surface area contributed by atoms with Crippen LogP contribution in [0.2, 0.25) is 0 Å². The van der Waals surface area contributed by atoms with Crippen LogP contribution in [0, 0.1) is 0 Å². The van der Waals surface area contributed by atoms with E-state index in [0.717, 1.165) is 49.9 Å². The van der Waals surface area contributed by atoms with Crippen molar-refractivity contribution in [2.75, 3.05) is 6.54 Å². The van der Waals surface area contributed by atoms with Crippen LogP contribution in [-0.2, 0) is 4.79 Å². The summed E-state index contributed by atoms with van der Waals surface area (Å²) in [6.07, 6.45) is 7.77. The van der Waals surface area contributed by atoms with Crippen molar-refractivity contribution in [1.29, 1.82) is 0 Å². The molecule has 0 radical (unpaired) electrons. The van der Waals surface area contributed by atoms with Gasteiger partial charge in [-0.3, -0.25) is 4.79 Å². The van der Waals surface area contributed by atoms with Gasteiger partial charge in [-0.25, -0.2) is 0 Å². The second-order valence-electron chi connectivity index (χ2n) is 5.54. The first-order chi connectivity index (χ1) is 10.6. The standard InChI is InChI=1S/C18H27NO3/c1-15(16-11-8-9-12-17(16)20)19-14-10-6-4-2-3-5-7-13-18(21)22/h8-9,11-12,19-20H,1-7,10,13-14H2,(H,21,22). The van der Waals surface area contributed by atoms with Gasteiger partial charge in [-0.15, -0.1) is 0 Å². The van der Waals surface area contributed by atoms with Gasteiger partial charge in [0.2, 0.25) is 0 Å². The molecular formula is C18H27NO3. The second kappa shape index (κ2) is 10.7. The van der Waals surface area contributed by atoms with Crippen LogP contribution >= 0.6 is 0 Å². The lowest BCUT2D eigenvalue weighted by Gasteiger charge is -2.11. The lowest BCUT2D eigenvalue weighted by molar-refractivity contribution is -0.137. The molecule has 0 bridgehead atoms. The van der Waals surface area contributed by atoms with Crippen molar-refractivity contribution in [1.82, 2.24) is 5.32 Å². The summed E-state index contributed by atoms with van der Waals surface area (Å²) in [4.78, 5) is 10.4. The Morgan fingerprint density at radius 1 is 1.00 bits per heavy atom. The van der Waals surface area contributed by atoms with E-state index in [2.05, 4.69) is 11.9 Å². The van der Waals surface area contributed by atoms with Gasteiger partial charge in [0.1, 0.15) is 5.75 Å². The van der Waals surface area contributed by atoms with Crippen LogP contribution in [0.1, 0.15) is 56.9 Å². The van der Waals surface area contributed by atoms with Crippen molar-refractivity contribution >= 4 is 11.7 Å². The van der Waals surface area contributed by atoms with E-state index in [-0.39, 0.29) is 5.75 Å². The summed E-state index contributed by atoms with van der Waals surface area (Å²) in [6, 6.07) is 7.18. The zero-order chi connectivity index (χ0) is 16.2. The smallest absolute Gasteiger partial charge is 0.303 e. The zero-order valence-electron chi connectivity index (χ0n) is 13.2. The van der Waals surface area contributed by atoms with Gasteiger partial charge in [0.15, 0.2) is 0 Å². The molecule has 0 aliphatic heterocycles. The Labute approximate surface area is 132 Å². The van der Waals surface area contributed by atoms with E-state index in [4.69, 9.17) is 5.11 Å². The molecule has 0 amide bonds. The van der Waals surface area contributed by atoms with Crippen LogP contribution in [0.15, 0.2) is 30.8 Å². The highest BCUT2D eigenvalue weighted by molar-refractivity contribution is 5.67. The van der Waals surface area contributed by atoms with Crippen molar-refractivity contribution in [3.63, 3.8) is 0 Å². The summed E-state index contributed by atoms with van der Waals surface area (Å²) in [6.45, 7) is 4.80. The van der Waals surface area contributed by atoms with Gasteiger partial charge >= 0.3 is 5.97 Å². The van der Waals surface area contributed by atoms with Crippen LogP contribution in [0.5, 0.6) is 5.75 Å². The fourth-order valence-corrected chi connectivity index (χ4v) is 2.35. The summed E-state index contributed by atoms with van der Waals surface area (Å²) >= 11 is 0. The van der Waals surface area contributed by atoms with E-state index in [1.165, 1.54) is 12.8 Å². The number of benzene rings is 1. The Hall–Kier alpha value is -1.97. The average molecular weight is 305 g/mol. The number of aromatic hydroxyl groups is 1. The largest absolute Gasteiger partial charge is 0.507 e.